The zero-order chi connectivity index (χ0) is 17.6. The van der Waals surface area contributed by atoms with E-state index >= 15 is 0 Å². The number of rotatable bonds is 7. The number of ether oxygens (including phenoxy) is 1. The lowest BCUT2D eigenvalue weighted by Crippen LogP contribution is -2.26. The lowest BCUT2D eigenvalue weighted by molar-refractivity contribution is 0.0939. The van der Waals surface area contributed by atoms with Crippen LogP contribution in [0.4, 0.5) is 0 Å². The maximum absolute atomic E-state index is 12.3. The summed E-state index contributed by atoms with van der Waals surface area (Å²) in [6, 6.07) is 9.37. The maximum atomic E-state index is 12.3. The second-order valence-corrected chi connectivity index (χ2v) is 7.43. The Morgan fingerprint density at radius 1 is 1.25 bits per heavy atom. The third-order valence-electron chi connectivity index (χ3n) is 3.56. The fraction of sp³-hybridized carbons (Fsp3) is 0.294. The van der Waals surface area contributed by atoms with Crippen LogP contribution in [0.25, 0.3) is 0 Å². The van der Waals surface area contributed by atoms with Gasteiger partial charge in [-0.3, -0.25) is 9.78 Å². The van der Waals surface area contributed by atoms with Crippen molar-refractivity contribution in [3.05, 3.63) is 59.9 Å². The molecular weight excluding hydrogens is 328 g/mol. The van der Waals surface area contributed by atoms with Crippen molar-refractivity contribution in [1.82, 2.24) is 10.3 Å². The maximum Gasteiger partial charge on any atom is 0.251 e. The van der Waals surface area contributed by atoms with E-state index in [4.69, 9.17) is 4.74 Å². The number of hydrogen-bond donors (Lipinski definition) is 1. The van der Waals surface area contributed by atoms with Gasteiger partial charge in [-0.25, -0.2) is 8.42 Å². The summed E-state index contributed by atoms with van der Waals surface area (Å²) in [6.07, 6.45) is 3.36. The van der Waals surface area contributed by atoms with Gasteiger partial charge in [0.15, 0.2) is 9.84 Å². The molecule has 24 heavy (non-hydrogen) atoms. The Morgan fingerprint density at radius 3 is 2.54 bits per heavy atom. The first kappa shape index (κ1) is 18.1. The quantitative estimate of drug-likeness (QED) is 0.827. The Labute approximate surface area is 141 Å². The lowest BCUT2D eigenvalue weighted by Gasteiger charge is -2.14. The van der Waals surface area contributed by atoms with E-state index in [1.165, 1.54) is 31.4 Å². The minimum absolute atomic E-state index is 0.0902. The van der Waals surface area contributed by atoms with Crippen LogP contribution in [0.1, 0.15) is 28.9 Å². The summed E-state index contributed by atoms with van der Waals surface area (Å²) in [6.45, 7) is 1.99. The van der Waals surface area contributed by atoms with Crippen LogP contribution in [-0.4, -0.2) is 38.8 Å². The van der Waals surface area contributed by atoms with E-state index in [9.17, 15) is 13.2 Å². The standard InChI is InChI=1S/C17H20N2O4S/c1-13(15-4-3-9-18-12-15)19-17(20)14-5-7-16(8-6-14)24(21,22)11-10-23-2/h3-9,12-13H,10-11H2,1-2H3,(H,19,20). The minimum atomic E-state index is -3.40. The van der Waals surface area contributed by atoms with Gasteiger partial charge in [-0.15, -0.1) is 0 Å². The molecule has 7 heteroatoms. The number of carbonyl (C=O) groups excluding carboxylic acids is 1. The van der Waals surface area contributed by atoms with Gasteiger partial charge in [-0.1, -0.05) is 6.07 Å². The number of hydrogen-bond acceptors (Lipinski definition) is 5. The molecule has 2 aromatic rings. The molecule has 6 nitrogen and oxygen atoms in total. The molecule has 1 aromatic heterocycles. The summed E-state index contributed by atoms with van der Waals surface area (Å²) in [5.74, 6) is -0.361. The molecule has 1 amide bonds. The molecule has 0 radical (unpaired) electrons. The van der Waals surface area contributed by atoms with Crippen LogP contribution in [0.3, 0.4) is 0 Å². The van der Waals surface area contributed by atoms with Crippen molar-refractivity contribution >= 4 is 15.7 Å². The minimum Gasteiger partial charge on any atom is -0.384 e. The summed E-state index contributed by atoms with van der Waals surface area (Å²) < 4.78 is 28.9. The second-order valence-electron chi connectivity index (χ2n) is 5.32. The van der Waals surface area contributed by atoms with E-state index in [0.29, 0.717) is 5.56 Å². The number of nitrogens with one attached hydrogen (secondary N) is 1. The Balaban J connectivity index is 2.06. The van der Waals surface area contributed by atoms with Crippen LogP contribution in [0.2, 0.25) is 0 Å². The number of sulfone groups is 1. The highest BCUT2D eigenvalue weighted by Crippen LogP contribution is 2.15. The van der Waals surface area contributed by atoms with E-state index in [0.717, 1.165) is 5.56 Å². The molecule has 0 aliphatic rings. The zero-order valence-corrected chi connectivity index (χ0v) is 14.4. The second kappa shape index (κ2) is 8.03. The van der Waals surface area contributed by atoms with Crippen molar-refractivity contribution in [2.45, 2.75) is 17.9 Å². The number of aromatic nitrogens is 1. The lowest BCUT2D eigenvalue weighted by atomic mass is 10.1. The zero-order valence-electron chi connectivity index (χ0n) is 13.6. The Hall–Kier alpha value is -2.25. The molecule has 0 spiro atoms. The third-order valence-corrected chi connectivity index (χ3v) is 5.26. The van der Waals surface area contributed by atoms with Gasteiger partial charge in [-0.2, -0.15) is 0 Å². The summed E-state index contributed by atoms with van der Waals surface area (Å²) >= 11 is 0. The van der Waals surface area contributed by atoms with Crippen molar-refractivity contribution < 1.29 is 17.9 Å². The van der Waals surface area contributed by atoms with E-state index in [-0.39, 0.29) is 29.2 Å². The molecular formula is C17H20N2O4S. The van der Waals surface area contributed by atoms with Crippen molar-refractivity contribution in [3.8, 4) is 0 Å². The summed E-state index contributed by atoms with van der Waals surface area (Å²) in [5, 5.41) is 2.86. The van der Waals surface area contributed by atoms with E-state index in [1.54, 1.807) is 18.5 Å². The van der Waals surface area contributed by atoms with Crippen LogP contribution >= 0.6 is 0 Å². The summed E-state index contributed by atoms with van der Waals surface area (Å²) in [7, 11) is -1.95. The van der Waals surface area contributed by atoms with Gasteiger partial charge in [0, 0.05) is 25.1 Å². The van der Waals surface area contributed by atoms with Crippen LogP contribution in [0.15, 0.2) is 53.7 Å². The van der Waals surface area contributed by atoms with Crippen molar-refractivity contribution in [1.29, 1.82) is 0 Å². The molecule has 0 saturated heterocycles. The van der Waals surface area contributed by atoms with Crippen molar-refractivity contribution in [3.63, 3.8) is 0 Å². The molecule has 0 aliphatic carbocycles. The molecule has 0 saturated carbocycles. The molecule has 128 valence electrons. The highest BCUT2D eigenvalue weighted by Gasteiger charge is 2.16. The summed E-state index contributed by atoms with van der Waals surface area (Å²) in [5.41, 5.74) is 1.29. The third kappa shape index (κ3) is 4.62. The first-order valence-corrected chi connectivity index (χ1v) is 9.12. The molecule has 1 aromatic carbocycles. The van der Waals surface area contributed by atoms with Gasteiger partial charge >= 0.3 is 0 Å². The highest BCUT2D eigenvalue weighted by atomic mass is 32.2. The van der Waals surface area contributed by atoms with Crippen LogP contribution in [0, 0.1) is 0 Å². The average Bonchev–Trinajstić information content (AvgIpc) is 2.60. The number of carbonyl (C=O) groups is 1. The predicted octanol–water partition coefficient (Wildman–Crippen LogP) is 1.99. The van der Waals surface area contributed by atoms with Crippen molar-refractivity contribution in [2.75, 3.05) is 19.5 Å². The topological polar surface area (TPSA) is 85.4 Å². The van der Waals surface area contributed by atoms with Crippen molar-refractivity contribution in [2.24, 2.45) is 0 Å². The molecule has 1 atom stereocenters. The monoisotopic (exact) mass is 348 g/mol. The first-order valence-electron chi connectivity index (χ1n) is 7.46. The van der Waals surface area contributed by atoms with Gasteiger partial charge in [0.25, 0.3) is 5.91 Å². The molecule has 1 heterocycles. The van der Waals surface area contributed by atoms with E-state index in [1.807, 2.05) is 13.0 Å². The Kier molecular flexibility index (Phi) is 6.05. The SMILES string of the molecule is COCCS(=O)(=O)c1ccc(C(=O)NC(C)c2cccnc2)cc1. The number of methoxy groups -OCH3 is 1. The smallest absolute Gasteiger partial charge is 0.251 e. The molecule has 2 rings (SSSR count). The average molecular weight is 348 g/mol. The van der Waals surface area contributed by atoms with Crippen LogP contribution in [-0.2, 0) is 14.6 Å². The van der Waals surface area contributed by atoms with Crippen LogP contribution in [0.5, 0.6) is 0 Å². The number of nitrogens with zero attached hydrogens (tertiary/aromatic N) is 1. The van der Waals surface area contributed by atoms with Gasteiger partial charge in [0.2, 0.25) is 0 Å². The van der Waals surface area contributed by atoms with Crippen LogP contribution < -0.4 is 5.32 Å². The van der Waals surface area contributed by atoms with Gasteiger partial charge < -0.3 is 10.1 Å². The fourth-order valence-electron chi connectivity index (χ4n) is 2.12. The molecule has 0 bridgehead atoms. The van der Waals surface area contributed by atoms with Gasteiger partial charge in [0.05, 0.1) is 23.3 Å². The van der Waals surface area contributed by atoms with Gasteiger partial charge in [-0.05, 0) is 42.8 Å². The van der Waals surface area contributed by atoms with Gasteiger partial charge in [0.1, 0.15) is 0 Å². The first-order chi connectivity index (χ1) is 11.4. The Bertz CT molecular complexity index is 774. The highest BCUT2D eigenvalue weighted by molar-refractivity contribution is 7.91. The van der Waals surface area contributed by atoms with E-state index < -0.39 is 9.84 Å². The van der Waals surface area contributed by atoms with E-state index in [2.05, 4.69) is 10.3 Å². The molecule has 0 fully saturated rings. The molecule has 0 aliphatic heterocycles. The normalized spacial score (nSPS) is 12.6. The number of benzene rings is 1. The fourth-order valence-corrected chi connectivity index (χ4v) is 3.29. The predicted molar refractivity (Wildman–Crippen MR) is 90.5 cm³/mol. The summed E-state index contributed by atoms with van der Waals surface area (Å²) in [4.78, 5) is 16.5. The Morgan fingerprint density at radius 2 is 1.96 bits per heavy atom. The largest absolute Gasteiger partial charge is 0.384 e. The molecule has 1 unspecified atom stereocenters. The molecule has 1 N–H and O–H groups in total. The number of pyridine rings is 1. The number of amides is 1.